The summed E-state index contributed by atoms with van der Waals surface area (Å²) in [5.74, 6) is 2.34. The molecule has 5 rings (SSSR count). The van der Waals surface area contributed by atoms with Crippen LogP contribution >= 0.6 is 0 Å². The normalized spacial score (nSPS) is 42.8. The molecule has 0 bridgehead atoms. The Bertz CT molecular complexity index is 800. The summed E-state index contributed by atoms with van der Waals surface area (Å²) >= 11 is 0. The third-order valence-electron chi connectivity index (χ3n) is 10.4. The quantitative estimate of drug-likeness (QED) is 0.422. The molecule has 5 aliphatic rings. The van der Waals surface area contributed by atoms with Crippen LogP contribution < -0.4 is 5.32 Å². The van der Waals surface area contributed by atoms with Crippen molar-refractivity contribution in [1.82, 2.24) is 5.32 Å². The van der Waals surface area contributed by atoms with Gasteiger partial charge in [-0.3, -0.25) is 0 Å². The molecule has 6 unspecified atom stereocenters. The van der Waals surface area contributed by atoms with Crippen molar-refractivity contribution in [2.45, 2.75) is 136 Å². The number of ether oxygens (including phenoxy) is 1. The van der Waals surface area contributed by atoms with Crippen LogP contribution in [0.25, 0.3) is 0 Å². The minimum absolute atomic E-state index is 0.267. The molecule has 6 atom stereocenters. The lowest BCUT2D eigenvalue weighted by Gasteiger charge is -2.37. The van der Waals surface area contributed by atoms with E-state index in [1.54, 1.807) is 5.57 Å². The number of nitrogens with one attached hydrogen (secondary N) is 1. The van der Waals surface area contributed by atoms with E-state index in [2.05, 4.69) is 57.3 Å². The van der Waals surface area contributed by atoms with Crippen molar-refractivity contribution >= 4 is 0 Å². The molecule has 1 N–H and O–H groups in total. The Morgan fingerprint density at radius 3 is 2.56 bits per heavy atom. The number of hydrogen-bond acceptors (Lipinski definition) is 2. The van der Waals surface area contributed by atoms with Crippen LogP contribution in [0, 0.1) is 28.6 Å². The minimum atomic E-state index is 0.267. The highest BCUT2D eigenvalue weighted by molar-refractivity contribution is 5.29. The molecule has 2 heteroatoms. The van der Waals surface area contributed by atoms with Crippen LogP contribution in [0.3, 0.4) is 0 Å². The summed E-state index contributed by atoms with van der Waals surface area (Å²) in [6.07, 6.45) is 28.9. The van der Waals surface area contributed by atoms with Gasteiger partial charge in [0.2, 0.25) is 0 Å². The highest BCUT2D eigenvalue weighted by atomic mass is 16.5. The van der Waals surface area contributed by atoms with Crippen LogP contribution in [0.5, 0.6) is 0 Å². The number of hydrogen-bond donors (Lipinski definition) is 1. The first-order valence-electron chi connectivity index (χ1n) is 14.8. The Morgan fingerprint density at radius 1 is 0.912 bits per heavy atom. The average molecular weight is 466 g/mol. The third kappa shape index (κ3) is 5.53. The van der Waals surface area contributed by atoms with E-state index in [-0.39, 0.29) is 5.41 Å². The van der Waals surface area contributed by atoms with Crippen molar-refractivity contribution in [2.24, 2.45) is 28.6 Å². The average Bonchev–Trinajstić information content (AvgIpc) is 3.49. The summed E-state index contributed by atoms with van der Waals surface area (Å²) in [5.41, 5.74) is 4.05. The molecule has 0 amide bonds. The molecule has 1 spiro atoms. The molecule has 1 aliphatic heterocycles. The van der Waals surface area contributed by atoms with E-state index in [9.17, 15) is 0 Å². The smallest absolute Gasteiger partial charge is 0.0794 e. The van der Waals surface area contributed by atoms with Crippen LogP contribution in [0.15, 0.2) is 35.6 Å². The maximum Gasteiger partial charge on any atom is 0.0794 e. The summed E-state index contributed by atoms with van der Waals surface area (Å²) in [5, 5.41) is 4.01. The molecule has 3 saturated carbocycles. The molecule has 4 fully saturated rings. The number of rotatable bonds is 3. The topological polar surface area (TPSA) is 21.3 Å². The summed E-state index contributed by atoms with van der Waals surface area (Å²) in [6, 6.07) is 0.693. The molecule has 0 aromatic rings. The van der Waals surface area contributed by atoms with Crippen molar-refractivity contribution in [3.63, 3.8) is 0 Å². The Kier molecular flexibility index (Phi) is 7.37. The van der Waals surface area contributed by atoms with Gasteiger partial charge in [-0.25, -0.2) is 0 Å². The van der Waals surface area contributed by atoms with Gasteiger partial charge in [0.15, 0.2) is 0 Å². The Hall–Kier alpha value is -1.02. The first-order chi connectivity index (χ1) is 16.3. The van der Waals surface area contributed by atoms with Crippen molar-refractivity contribution in [3.8, 4) is 0 Å². The first-order valence-corrected chi connectivity index (χ1v) is 14.8. The maximum atomic E-state index is 6.96. The van der Waals surface area contributed by atoms with E-state index < -0.39 is 0 Å². The van der Waals surface area contributed by atoms with Crippen molar-refractivity contribution < 1.29 is 4.74 Å². The van der Waals surface area contributed by atoms with Gasteiger partial charge in [-0.15, -0.1) is 0 Å². The third-order valence-corrected chi connectivity index (χ3v) is 10.4. The minimum Gasteiger partial charge on any atom is -0.385 e. The van der Waals surface area contributed by atoms with Gasteiger partial charge in [0.25, 0.3) is 0 Å². The SMILES string of the molecule is CC1C/C=C/CC(OC2CC(C)CCCC/C2=C\C=C2\NC3CCC4(CC4)CC3C2(C)C)CC1. The molecule has 0 aromatic heterocycles. The number of allylic oxidation sites excluding steroid dienone is 4. The fourth-order valence-electron chi connectivity index (χ4n) is 7.56. The van der Waals surface area contributed by atoms with Crippen molar-refractivity contribution in [2.75, 3.05) is 0 Å². The van der Waals surface area contributed by atoms with E-state index in [1.165, 1.54) is 89.2 Å². The lowest BCUT2D eigenvalue weighted by Crippen LogP contribution is -2.36. The van der Waals surface area contributed by atoms with Gasteiger partial charge in [-0.2, -0.15) is 0 Å². The van der Waals surface area contributed by atoms with Crippen LogP contribution in [0.4, 0.5) is 0 Å². The lowest BCUT2D eigenvalue weighted by molar-refractivity contribution is -0.0130. The monoisotopic (exact) mass is 465 g/mol. The van der Waals surface area contributed by atoms with E-state index >= 15 is 0 Å². The van der Waals surface area contributed by atoms with Gasteiger partial charge in [0.1, 0.15) is 0 Å². The zero-order chi connectivity index (χ0) is 23.8. The highest BCUT2D eigenvalue weighted by Crippen LogP contribution is 2.62. The second kappa shape index (κ2) is 10.2. The van der Waals surface area contributed by atoms with Crippen molar-refractivity contribution in [1.29, 1.82) is 0 Å². The summed E-state index contributed by atoms with van der Waals surface area (Å²) in [7, 11) is 0. The Balaban J connectivity index is 1.34. The second-order valence-electron chi connectivity index (χ2n) is 13.6. The Morgan fingerprint density at radius 2 is 1.74 bits per heavy atom. The van der Waals surface area contributed by atoms with Gasteiger partial charge in [-0.05, 0) is 112 Å². The molecular weight excluding hydrogens is 414 g/mol. The summed E-state index contributed by atoms with van der Waals surface area (Å²) < 4.78 is 6.96. The molecule has 0 radical (unpaired) electrons. The van der Waals surface area contributed by atoms with Crippen molar-refractivity contribution in [3.05, 3.63) is 35.6 Å². The summed E-state index contributed by atoms with van der Waals surface area (Å²) in [6.45, 7) is 9.85. The van der Waals surface area contributed by atoms with E-state index in [0.717, 1.165) is 29.6 Å². The van der Waals surface area contributed by atoms with E-state index in [0.29, 0.717) is 18.2 Å². The van der Waals surface area contributed by atoms with Gasteiger partial charge in [-0.1, -0.05) is 58.8 Å². The Labute approximate surface area is 210 Å². The fourth-order valence-corrected chi connectivity index (χ4v) is 7.56. The zero-order valence-electron chi connectivity index (χ0n) is 22.6. The predicted octanol–water partition coefficient (Wildman–Crippen LogP) is 8.50. The van der Waals surface area contributed by atoms with Crippen LogP contribution in [-0.4, -0.2) is 18.2 Å². The lowest BCUT2D eigenvalue weighted by atomic mass is 9.66. The van der Waals surface area contributed by atoms with Gasteiger partial charge in [0.05, 0.1) is 12.2 Å². The van der Waals surface area contributed by atoms with Crippen LogP contribution in [0.1, 0.15) is 118 Å². The summed E-state index contributed by atoms with van der Waals surface area (Å²) in [4.78, 5) is 0. The van der Waals surface area contributed by atoms with Gasteiger partial charge < -0.3 is 10.1 Å². The zero-order valence-corrected chi connectivity index (χ0v) is 22.6. The molecule has 2 nitrogen and oxygen atoms in total. The highest BCUT2D eigenvalue weighted by Gasteiger charge is 2.55. The maximum absolute atomic E-state index is 6.96. The molecule has 1 heterocycles. The second-order valence-corrected chi connectivity index (χ2v) is 13.6. The van der Waals surface area contributed by atoms with E-state index in [1.807, 2.05) is 0 Å². The fraction of sp³-hybridized carbons (Fsp3) is 0.812. The first kappa shape index (κ1) is 24.7. The van der Waals surface area contributed by atoms with Gasteiger partial charge in [0, 0.05) is 17.2 Å². The van der Waals surface area contributed by atoms with Crippen LogP contribution in [0.2, 0.25) is 0 Å². The molecule has 34 heavy (non-hydrogen) atoms. The largest absolute Gasteiger partial charge is 0.385 e. The molecule has 0 aromatic carbocycles. The predicted molar refractivity (Wildman–Crippen MR) is 144 cm³/mol. The molecule has 190 valence electrons. The van der Waals surface area contributed by atoms with Gasteiger partial charge >= 0.3 is 0 Å². The molecule has 4 aliphatic carbocycles. The molecule has 1 saturated heterocycles. The molecular formula is C32H51NO. The standard InChI is InChI=1S/C32H51NO/c1-23-9-6-8-12-26(15-13-23)34-29-21-24(2)10-5-7-11-25(29)14-16-30-31(3,4)27-22-32(19-20-32)18-17-28(27)33-30/h6,8,14,16,23-24,26-29,33H,5,7,9-13,15,17-22H2,1-4H3/b8-6+,25-14+,30-16+. The number of fused-ring (bicyclic) bond motifs is 1. The van der Waals surface area contributed by atoms with Crippen LogP contribution in [-0.2, 0) is 4.74 Å². The van der Waals surface area contributed by atoms with E-state index in [4.69, 9.17) is 4.74 Å².